The van der Waals surface area contributed by atoms with Crippen molar-refractivity contribution in [3.05, 3.63) is 12.4 Å². The molecule has 0 aliphatic heterocycles. The summed E-state index contributed by atoms with van der Waals surface area (Å²) >= 11 is 0. The fourth-order valence-electron chi connectivity index (χ4n) is 1.84. The fourth-order valence-corrected chi connectivity index (χ4v) is 1.84. The van der Waals surface area contributed by atoms with Crippen molar-refractivity contribution < 1.29 is 0 Å². The van der Waals surface area contributed by atoms with Gasteiger partial charge in [0.2, 0.25) is 0 Å². The summed E-state index contributed by atoms with van der Waals surface area (Å²) in [6, 6.07) is 0. The second-order valence-electron chi connectivity index (χ2n) is 4.39. The quantitative estimate of drug-likeness (QED) is 0.589. The van der Waals surface area contributed by atoms with E-state index in [1.807, 2.05) is 12.4 Å². The Balaban J connectivity index is 1.78. The van der Waals surface area contributed by atoms with Crippen molar-refractivity contribution in [1.82, 2.24) is 10.2 Å². The predicted molar refractivity (Wildman–Crippen MR) is 69.7 cm³/mol. The average molecular weight is 223 g/mol. The van der Waals surface area contributed by atoms with E-state index in [-0.39, 0.29) is 0 Å². The molecule has 3 nitrogen and oxygen atoms in total. The number of anilines is 1. The number of unbranched alkanes of at least 4 members (excludes halogenated alkanes) is 7. The van der Waals surface area contributed by atoms with Crippen LogP contribution in [0.5, 0.6) is 0 Å². The second-order valence-corrected chi connectivity index (χ2v) is 4.39. The summed E-state index contributed by atoms with van der Waals surface area (Å²) in [7, 11) is 0. The van der Waals surface area contributed by atoms with Gasteiger partial charge in [-0.3, -0.25) is 5.10 Å². The van der Waals surface area contributed by atoms with Crippen LogP contribution in [0.25, 0.3) is 0 Å². The lowest BCUT2D eigenvalue weighted by Crippen LogP contribution is -2.00. The molecule has 1 aromatic heterocycles. The van der Waals surface area contributed by atoms with Gasteiger partial charge in [-0.2, -0.15) is 5.10 Å². The van der Waals surface area contributed by atoms with Crippen LogP contribution in [-0.4, -0.2) is 16.7 Å². The topological polar surface area (TPSA) is 40.7 Å². The molecule has 3 heteroatoms. The van der Waals surface area contributed by atoms with Crippen LogP contribution in [-0.2, 0) is 0 Å². The van der Waals surface area contributed by atoms with Crippen LogP contribution in [0.15, 0.2) is 12.4 Å². The number of rotatable bonds is 10. The van der Waals surface area contributed by atoms with E-state index in [1.165, 1.54) is 51.4 Å². The number of aromatic nitrogens is 2. The lowest BCUT2D eigenvalue weighted by molar-refractivity contribution is 0.581. The van der Waals surface area contributed by atoms with Crippen LogP contribution in [0.1, 0.15) is 58.3 Å². The minimum absolute atomic E-state index is 1.06. The minimum Gasteiger partial charge on any atom is -0.383 e. The van der Waals surface area contributed by atoms with Gasteiger partial charge in [-0.1, -0.05) is 51.9 Å². The van der Waals surface area contributed by atoms with Gasteiger partial charge in [0, 0.05) is 12.7 Å². The molecule has 2 N–H and O–H groups in total. The van der Waals surface area contributed by atoms with Gasteiger partial charge in [0.25, 0.3) is 0 Å². The molecule has 0 aromatic carbocycles. The van der Waals surface area contributed by atoms with Gasteiger partial charge in [-0.05, 0) is 6.42 Å². The Morgan fingerprint density at radius 3 is 2.38 bits per heavy atom. The molecule has 16 heavy (non-hydrogen) atoms. The molecule has 0 aliphatic rings. The van der Waals surface area contributed by atoms with Gasteiger partial charge in [0.05, 0.1) is 11.9 Å². The molecular formula is C13H25N3. The highest BCUT2D eigenvalue weighted by molar-refractivity contribution is 5.37. The third-order valence-electron chi connectivity index (χ3n) is 2.86. The normalized spacial score (nSPS) is 10.6. The summed E-state index contributed by atoms with van der Waals surface area (Å²) in [4.78, 5) is 0. The molecule has 1 aromatic rings. The van der Waals surface area contributed by atoms with E-state index in [0.717, 1.165) is 12.2 Å². The summed E-state index contributed by atoms with van der Waals surface area (Å²) in [6.07, 6.45) is 14.7. The lowest BCUT2D eigenvalue weighted by Gasteiger charge is -2.03. The maximum atomic E-state index is 3.89. The van der Waals surface area contributed by atoms with Crippen LogP contribution in [0.3, 0.4) is 0 Å². The summed E-state index contributed by atoms with van der Waals surface area (Å²) in [5.74, 6) is 0. The van der Waals surface area contributed by atoms with Crippen molar-refractivity contribution >= 4 is 5.69 Å². The standard InChI is InChI=1S/C13H25N3/c1-2-3-4-5-6-7-8-9-10-14-13-11-15-16-12-13/h11-12,14H,2-10H2,1H3,(H,15,16). The van der Waals surface area contributed by atoms with Gasteiger partial charge in [-0.25, -0.2) is 0 Å². The molecule has 0 aliphatic carbocycles. The van der Waals surface area contributed by atoms with Gasteiger partial charge in [0.1, 0.15) is 0 Å². The summed E-state index contributed by atoms with van der Waals surface area (Å²) in [5, 5.41) is 10.0. The number of H-pyrrole nitrogens is 1. The number of hydrogen-bond donors (Lipinski definition) is 2. The van der Waals surface area contributed by atoms with Crippen molar-refractivity contribution in [3.8, 4) is 0 Å². The zero-order valence-corrected chi connectivity index (χ0v) is 10.5. The number of hydrogen-bond acceptors (Lipinski definition) is 2. The minimum atomic E-state index is 1.06. The molecule has 0 saturated heterocycles. The lowest BCUT2D eigenvalue weighted by atomic mass is 10.1. The van der Waals surface area contributed by atoms with Crippen LogP contribution in [0.2, 0.25) is 0 Å². The van der Waals surface area contributed by atoms with E-state index < -0.39 is 0 Å². The Morgan fingerprint density at radius 2 is 1.75 bits per heavy atom. The molecule has 1 heterocycles. The maximum Gasteiger partial charge on any atom is 0.0723 e. The Hall–Kier alpha value is -0.990. The molecule has 0 fully saturated rings. The van der Waals surface area contributed by atoms with Crippen LogP contribution in [0, 0.1) is 0 Å². The first-order chi connectivity index (χ1) is 7.93. The third kappa shape index (κ3) is 6.49. The van der Waals surface area contributed by atoms with E-state index in [9.17, 15) is 0 Å². The van der Waals surface area contributed by atoms with Crippen LogP contribution < -0.4 is 5.32 Å². The Bertz CT molecular complexity index is 231. The first kappa shape index (κ1) is 13.1. The second kappa shape index (κ2) is 9.25. The smallest absolute Gasteiger partial charge is 0.0723 e. The van der Waals surface area contributed by atoms with Crippen LogP contribution in [0.4, 0.5) is 5.69 Å². The molecule has 0 saturated carbocycles. The first-order valence-corrected chi connectivity index (χ1v) is 6.66. The van der Waals surface area contributed by atoms with Crippen LogP contribution >= 0.6 is 0 Å². The molecular weight excluding hydrogens is 198 g/mol. The molecule has 0 amide bonds. The summed E-state index contributed by atoms with van der Waals surface area (Å²) in [6.45, 7) is 3.33. The van der Waals surface area contributed by atoms with Gasteiger partial charge in [0.15, 0.2) is 0 Å². The first-order valence-electron chi connectivity index (χ1n) is 6.66. The zero-order valence-electron chi connectivity index (χ0n) is 10.5. The predicted octanol–water partition coefficient (Wildman–Crippen LogP) is 3.96. The highest BCUT2D eigenvalue weighted by Gasteiger charge is 1.93. The summed E-state index contributed by atoms with van der Waals surface area (Å²) < 4.78 is 0. The molecule has 0 atom stereocenters. The highest BCUT2D eigenvalue weighted by atomic mass is 15.1. The van der Waals surface area contributed by atoms with Crippen molar-refractivity contribution in [2.75, 3.05) is 11.9 Å². The molecule has 0 spiro atoms. The van der Waals surface area contributed by atoms with Gasteiger partial charge in [-0.15, -0.1) is 0 Å². The molecule has 92 valence electrons. The molecule has 0 unspecified atom stereocenters. The molecule has 1 rings (SSSR count). The Labute approximate surface area is 99.0 Å². The van der Waals surface area contributed by atoms with E-state index in [4.69, 9.17) is 0 Å². The Morgan fingerprint density at radius 1 is 1.06 bits per heavy atom. The molecule has 0 bridgehead atoms. The maximum absolute atomic E-state index is 3.89. The summed E-state index contributed by atoms with van der Waals surface area (Å²) in [5.41, 5.74) is 1.10. The monoisotopic (exact) mass is 223 g/mol. The van der Waals surface area contributed by atoms with Gasteiger partial charge < -0.3 is 5.32 Å². The number of nitrogens with zero attached hydrogens (tertiary/aromatic N) is 1. The van der Waals surface area contributed by atoms with Crippen molar-refractivity contribution in [2.24, 2.45) is 0 Å². The van der Waals surface area contributed by atoms with E-state index >= 15 is 0 Å². The van der Waals surface area contributed by atoms with Gasteiger partial charge >= 0.3 is 0 Å². The Kier molecular flexibility index (Phi) is 7.56. The number of aromatic amines is 1. The third-order valence-corrected chi connectivity index (χ3v) is 2.86. The zero-order chi connectivity index (χ0) is 11.5. The largest absolute Gasteiger partial charge is 0.383 e. The van der Waals surface area contributed by atoms with E-state index in [1.54, 1.807) is 0 Å². The van der Waals surface area contributed by atoms with E-state index in [2.05, 4.69) is 22.4 Å². The van der Waals surface area contributed by atoms with Crippen molar-refractivity contribution in [2.45, 2.75) is 58.3 Å². The highest BCUT2D eigenvalue weighted by Crippen LogP contribution is 2.08. The average Bonchev–Trinajstić information content (AvgIpc) is 2.80. The van der Waals surface area contributed by atoms with Crippen molar-refractivity contribution in [1.29, 1.82) is 0 Å². The SMILES string of the molecule is CCCCCCCCCCNc1cn[nH]c1. The van der Waals surface area contributed by atoms with E-state index in [0.29, 0.717) is 0 Å². The van der Waals surface area contributed by atoms with Crippen molar-refractivity contribution in [3.63, 3.8) is 0 Å². The molecule has 0 radical (unpaired) electrons. The number of nitrogens with one attached hydrogen (secondary N) is 2. The fraction of sp³-hybridized carbons (Fsp3) is 0.769.